The zero-order valence-electron chi connectivity index (χ0n) is 9.99. The number of thiazole rings is 1. The number of aryl methyl sites for hydroxylation is 1. The summed E-state index contributed by atoms with van der Waals surface area (Å²) in [5, 5.41) is 4.28. The van der Waals surface area contributed by atoms with Gasteiger partial charge in [0.2, 0.25) is 0 Å². The van der Waals surface area contributed by atoms with Gasteiger partial charge in [-0.05, 0) is 12.5 Å². The van der Waals surface area contributed by atoms with E-state index in [1.54, 1.807) is 23.5 Å². The Bertz CT molecular complexity index is 494. The Morgan fingerprint density at radius 3 is 2.50 bits per heavy atom. The molecule has 1 heterocycles. The van der Waals surface area contributed by atoms with Crippen LogP contribution in [-0.2, 0) is 13.1 Å². The predicted molar refractivity (Wildman–Crippen MR) is 68.8 cm³/mol. The molecule has 1 aromatic carbocycles. The highest BCUT2D eigenvalue weighted by atomic mass is 32.1. The topological polar surface area (TPSA) is 24.9 Å². The Kier molecular flexibility index (Phi) is 4.38. The third-order valence-electron chi connectivity index (χ3n) is 2.51. The van der Waals surface area contributed by atoms with E-state index in [4.69, 9.17) is 0 Å². The van der Waals surface area contributed by atoms with Crippen LogP contribution in [0.4, 0.5) is 8.78 Å². The number of aromatic nitrogens is 1. The van der Waals surface area contributed by atoms with Crippen LogP contribution < -0.4 is 5.32 Å². The van der Waals surface area contributed by atoms with Crippen LogP contribution in [0.1, 0.15) is 27.4 Å². The van der Waals surface area contributed by atoms with Gasteiger partial charge in [0, 0.05) is 29.7 Å². The van der Waals surface area contributed by atoms with Crippen molar-refractivity contribution in [3.63, 3.8) is 0 Å². The summed E-state index contributed by atoms with van der Waals surface area (Å²) < 4.78 is 24.7. The Hall–Kier alpha value is -1.33. The lowest BCUT2D eigenvalue weighted by Gasteiger charge is -2.04. The first-order valence-electron chi connectivity index (χ1n) is 5.64. The van der Waals surface area contributed by atoms with Crippen LogP contribution >= 0.6 is 11.3 Å². The van der Waals surface area contributed by atoms with Crippen molar-refractivity contribution in [2.24, 2.45) is 0 Å². The third-order valence-corrected chi connectivity index (χ3v) is 3.42. The molecule has 1 N–H and O–H groups in total. The molecule has 0 saturated carbocycles. The summed E-state index contributed by atoms with van der Waals surface area (Å²) >= 11 is 1.66. The molecule has 0 radical (unpaired) electrons. The third kappa shape index (κ3) is 3.58. The predicted octanol–water partition coefficient (Wildman–Crippen LogP) is 3.68. The van der Waals surface area contributed by atoms with E-state index in [0.29, 0.717) is 13.1 Å². The molecular weight excluding hydrogens is 254 g/mol. The second-order valence-electron chi connectivity index (χ2n) is 4.01. The van der Waals surface area contributed by atoms with Crippen molar-refractivity contribution in [1.82, 2.24) is 10.3 Å². The minimum atomic E-state index is -2.40. The number of nitrogens with one attached hydrogen (secondary N) is 1. The van der Waals surface area contributed by atoms with Gasteiger partial charge in [-0.15, -0.1) is 11.3 Å². The van der Waals surface area contributed by atoms with Gasteiger partial charge >= 0.3 is 0 Å². The van der Waals surface area contributed by atoms with E-state index in [0.717, 1.165) is 10.6 Å². The SMILES string of the molecule is Cc1cnc(CNCc2ccc(C(F)F)cc2)s1. The molecule has 0 fully saturated rings. The molecule has 0 atom stereocenters. The average molecular weight is 268 g/mol. The molecule has 0 amide bonds. The molecule has 5 heteroatoms. The Morgan fingerprint density at radius 2 is 1.94 bits per heavy atom. The zero-order chi connectivity index (χ0) is 13.0. The number of nitrogens with zero attached hydrogens (tertiary/aromatic N) is 1. The fourth-order valence-electron chi connectivity index (χ4n) is 1.58. The average Bonchev–Trinajstić information content (AvgIpc) is 2.76. The van der Waals surface area contributed by atoms with Crippen LogP contribution in [0.2, 0.25) is 0 Å². The molecule has 0 unspecified atom stereocenters. The molecular formula is C13H14F2N2S. The highest BCUT2D eigenvalue weighted by Gasteiger charge is 2.05. The highest BCUT2D eigenvalue weighted by Crippen LogP contribution is 2.18. The van der Waals surface area contributed by atoms with Crippen molar-refractivity contribution in [1.29, 1.82) is 0 Å². The number of hydrogen-bond acceptors (Lipinski definition) is 3. The summed E-state index contributed by atoms with van der Waals surface area (Å²) in [4.78, 5) is 5.43. The first kappa shape index (κ1) is 13.1. The quantitative estimate of drug-likeness (QED) is 0.894. The molecule has 0 spiro atoms. The van der Waals surface area contributed by atoms with E-state index in [1.807, 2.05) is 13.1 Å². The van der Waals surface area contributed by atoms with Crippen LogP contribution in [0.3, 0.4) is 0 Å². The van der Waals surface area contributed by atoms with Gasteiger partial charge in [-0.2, -0.15) is 0 Å². The summed E-state index contributed by atoms with van der Waals surface area (Å²) in [6, 6.07) is 6.38. The minimum absolute atomic E-state index is 0.0642. The monoisotopic (exact) mass is 268 g/mol. The van der Waals surface area contributed by atoms with Crippen molar-refractivity contribution in [2.75, 3.05) is 0 Å². The van der Waals surface area contributed by atoms with E-state index < -0.39 is 6.43 Å². The smallest absolute Gasteiger partial charge is 0.263 e. The van der Waals surface area contributed by atoms with Gasteiger partial charge in [0.1, 0.15) is 5.01 Å². The molecule has 2 aromatic rings. The standard InChI is InChI=1S/C13H14F2N2S/c1-9-6-17-12(18-9)8-16-7-10-2-4-11(5-3-10)13(14)15/h2-6,13,16H,7-8H2,1H3. The van der Waals surface area contributed by atoms with Crippen LogP contribution in [0.15, 0.2) is 30.5 Å². The van der Waals surface area contributed by atoms with Crippen LogP contribution in [0.25, 0.3) is 0 Å². The van der Waals surface area contributed by atoms with Crippen molar-refractivity contribution in [3.05, 3.63) is 51.5 Å². The summed E-state index contributed by atoms with van der Waals surface area (Å²) in [6.45, 7) is 3.38. The lowest BCUT2D eigenvalue weighted by Crippen LogP contribution is -2.12. The van der Waals surface area contributed by atoms with E-state index >= 15 is 0 Å². The Labute approximate surface area is 109 Å². The molecule has 18 heavy (non-hydrogen) atoms. The molecule has 0 bridgehead atoms. The molecule has 2 rings (SSSR count). The molecule has 0 aliphatic carbocycles. The summed E-state index contributed by atoms with van der Waals surface area (Å²) in [5.41, 5.74) is 1.06. The lowest BCUT2D eigenvalue weighted by atomic mass is 10.1. The molecule has 96 valence electrons. The number of benzene rings is 1. The van der Waals surface area contributed by atoms with Crippen molar-refractivity contribution < 1.29 is 8.78 Å². The van der Waals surface area contributed by atoms with Crippen molar-refractivity contribution in [3.8, 4) is 0 Å². The lowest BCUT2D eigenvalue weighted by molar-refractivity contribution is 0.151. The highest BCUT2D eigenvalue weighted by molar-refractivity contribution is 7.11. The van der Waals surface area contributed by atoms with Gasteiger partial charge in [-0.25, -0.2) is 13.8 Å². The zero-order valence-corrected chi connectivity index (χ0v) is 10.8. The Balaban J connectivity index is 1.83. The van der Waals surface area contributed by atoms with Crippen LogP contribution in [-0.4, -0.2) is 4.98 Å². The number of rotatable bonds is 5. The maximum atomic E-state index is 12.4. The van der Waals surface area contributed by atoms with Gasteiger partial charge in [0.15, 0.2) is 0 Å². The molecule has 0 aliphatic rings. The maximum Gasteiger partial charge on any atom is 0.263 e. The largest absolute Gasteiger partial charge is 0.306 e. The molecule has 1 aromatic heterocycles. The van der Waals surface area contributed by atoms with Gasteiger partial charge in [0.25, 0.3) is 6.43 Å². The number of hydrogen-bond donors (Lipinski definition) is 1. The van der Waals surface area contributed by atoms with Crippen LogP contribution in [0, 0.1) is 6.92 Å². The minimum Gasteiger partial charge on any atom is -0.306 e. The van der Waals surface area contributed by atoms with E-state index in [-0.39, 0.29) is 5.56 Å². The summed E-state index contributed by atoms with van der Waals surface area (Å²) in [5.74, 6) is 0. The van der Waals surface area contributed by atoms with Crippen LogP contribution in [0.5, 0.6) is 0 Å². The maximum absolute atomic E-state index is 12.4. The Morgan fingerprint density at radius 1 is 1.22 bits per heavy atom. The van der Waals surface area contributed by atoms with E-state index in [1.165, 1.54) is 17.0 Å². The fraction of sp³-hybridized carbons (Fsp3) is 0.308. The number of halogens is 2. The summed E-state index contributed by atoms with van der Waals surface area (Å²) in [6.07, 6.45) is -0.552. The second kappa shape index (κ2) is 6.02. The molecule has 0 saturated heterocycles. The van der Waals surface area contributed by atoms with Crippen molar-refractivity contribution >= 4 is 11.3 Å². The fourth-order valence-corrected chi connectivity index (χ4v) is 2.33. The number of alkyl halides is 2. The summed E-state index contributed by atoms with van der Waals surface area (Å²) in [7, 11) is 0. The van der Waals surface area contributed by atoms with E-state index in [2.05, 4.69) is 10.3 Å². The first-order valence-corrected chi connectivity index (χ1v) is 6.46. The van der Waals surface area contributed by atoms with Gasteiger partial charge in [-0.1, -0.05) is 24.3 Å². The van der Waals surface area contributed by atoms with Gasteiger partial charge < -0.3 is 5.32 Å². The van der Waals surface area contributed by atoms with E-state index in [9.17, 15) is 8.78 Å². The molecule has 0 aliphatic heterocycles. The molecule has 2 nitrogen and oxygen atoms in total. The normalized spacial score (nSPS) is 11.1. The van der Waals surface area contributed by atoms with Gasteiger partial charge in [-0.3, -0.25) is 0 Å². The van der Waals surface area contributed by atoms with Gasteiger partial charge in [0.05, 0.1) is 0 Å². The van der Waals surface area contributed by atoms with Crippen molar-refractivity contribution in [2.45, 2.75) is 26.4 Å². The second-order valence-corrected chi connectivity index (χ2v) is 5.33. The first-order chi connectivity index (χ1) is 8.65.